The monoisotopic (exact) mass is 241 g/mol. The van der Waals surface area contributed by atoms with Crippen LogP contribution in [0.4, 0.5) is 5.69 Å². The third kappa shape index (κ3) is 2.06. The largest absolute Gasteiger partial charge is 0.371 e. The van der Waals surface area contributed by atoms with Crippen molar-refractivity contribution in [3.63, 3.8) is 0 Å². The molecule has 0 bridgehead atoms. The number of nitrogens with zero attached hydrogens (tertiary/aromatic N) is 2. The van der Waals surface area contributed by atoms with Gasteiger partial charge in [0.1, 0.15) is 0 Å². The third-order valence-corrected chi connectivity index (χ3v) is 3.86. The predicted octanol–water partition coefficient (Wildman–Crippen LogP) is 2.42. The molecule has 1 saturated heterocycles. The van der Waals surface area contributed by atoms with Gasteiger partial charge < -0.3 is 10.2 Å². The molecule has 1 aromatic heterocycles. The average Bonchev–Trinajstić information content (AvgIpc) is 2.47. The van der Waals surface area contributed by atoms with Crippen LogP contribution in [0, 0.1) is 0 Å². The zero-order valence-corrected chi connectivity index (χ0v) is 10.8. The summed E-state index contributed by atoms with van der Waals surface area (Å²) in [6.07, 6.45) is 4.34. The second-order valence-electron chi connectivity index (χ2n) is 4.94. The van der Waals surface area contributed by atoms with Gasteiger partial charge in [-0.3, -0.25) is 4.98 Å². The van der Waals surface area contributed by atoms with E-state index in [2.05, 4.69) is 46.5 Å². The van der Waals surface area contributed by atoms with Gasteiger partial charge in [0, 0.05) is 30.4 Å². The van der Waals surface area contributed by atoms with Crippen LogP contribution in [-0.2, 0) is 0 Å². The maximum Gasteiger partial charge on any atom is 0.0722 e. The number of hydrogen-bond acceptors (Lipinski definition) is 3. The fourth-order valence-electron chi connectivity index (χ4n) is 2.78. The molecule has 0 amide bonds. The molecule has 0 aliphatic carbocycles. The summed E-state index contributed by atoms with van der Waals surface area (Å²) >= 11 is 0. The van der Waals surface area contributed by atoms with E-state index in [-0.39, 0.29) is 0 Å². The first kappa shape index (κ1) is 11.5. The van der Waals surface area contributed by atoms with Crippen LogP contribution >= 0.6 is 0 Å². The van der Waals surface area contributed by atoms with Crippen molar-refractivity contribution < 1.29 is 0 Å². The Labute approximate surface area is 108 Å². The molecule has 1 aliphatic heterocycles. The van der Waals surface area contributed by atoms with Gasteiger partial charge in [-0.1, -0.05) is 18.2 Å². The van der Waals surface area contributed by atoms with Gasteiger partial charge in [0.05, 0.1) is 5.52 Å². The summed E-state index contributed by atoms with van der Waals surface area (Å²) in [5, 5.41) is 4.67. The fraction of sp³-hybridized carbons (Fsp3) is 0.400. The third-order valence-electron chi connectivity index (χ3n) is 3.86. The molecular formula is C15H19N3. The highest BCUT2D eigenvalue weighted by Gasteiger charge is 2.19. The predicted molar refractivity (Wildman–Crippen MR) is 76.0 cm³/mol. The lowest BCUT2D eigenvalue weighted by molar-refractivity contribution is 0.444. The zero-order valence-electron chi connectivity index (χ0n) is 10.8. The SMILES string of the molecule is CN(c1ccnc2ccccc12)C1CCNCC1. The molecule has 2 aromatic rings. The Morgan fingerprint density at radius 3 is 2.78 bits per heavy atom. The number of piperidine rings is 1. The van der Waals surface area contributed by atoms with Crippen molar-refractivity contribution >= 4 is 16.6 Å². The second-order valence-corrected chi connectivity index (χ2v) is 4.94. The number of aromatic nitrogens is 1. The Morgan fingerprint density at radius 1 is 1.17 bits per heavy atom. The molecular weight excluding hydrogens is 222 g/mol. The van der Waals surface area contributed by atoms with Crippen molar-refractivity contribution in [2.75, 3.05) is 25.0 Å². The first-order valence-corrected chi connectivity index (χ1v) is 6.63. The maximum absolute atomic E-state index is 4.43. The van der Waals surface area contributed by atoms with Gasteiger partial charge in [-0.05, 0) is 38.1 Å². The molecule has 0 spiro atoms. The van der Waals surface area contributed by atoms with Gasteiger partial charge in [-0.25, -0.2) is 0 Å². The van der Waals surface area contributed by atoms with Gasteiger partial charge in [0.15, 0.2) is 0 Å². The lowest BCUT2D eigenvalue weighted by Crippen LogP contribution is -2.41. The number of benzene rings is 1. The molecule has 0 unspecified atom stereocenters. The van der Waals surface area contributed by atoms with E-state index in [0.29, 0.717) is 6.04 Å². The Balaban J connectivity index is 1.97. The van der Waals surface area contributed by atoms with Gasteiger partial charge in [0.2, 0.25) is 0 Å². The molecule has 0 saturated carbocycles. The van der Waals surface area contributed by atoms with Crippen LogP contribution in [0.1, 0.15) is 12.8 Å². The number of pyridine rings is 1. The molecule has 0 atom stereocenters. The van der Waals surface area contributed by atoms with Gasteiger partial charge in [-0.2, -0.15) is 0 Å². The molecule has 3 rings (SSSR count). The summed E-state index contributed by atoms with van der Waals surface area (Å²) in [6, 6.07) is 11.1. The van der Waals surface area contributed by atoms with Crippen LogP contribution < -0.4 is 10.2 Å². The number of fused-ring (bicyclic) bond motifs is 1. The summed E-state index contributed by atoms with van der Waals surface area (Å²) < 4.78 is 0. The first-order chi connectivity index (χ1) is 8.86. The van der Waals surface area contributed by atoms with E-state index < -0.39 is 0 Å². The van der Waals surface area contributed by atoms with Crippen LogP contribution in [-0.4, -0.2) is 31.2 Å². The van der Waals surface area contributed by atoms with E-state index in [9.17, 15) is 0 Å². The van der Waals surface area contributed by atoms with Crippen molar-refractivity contribution in [3.05, 3.63) is 36.5 Å². The standard InChI is InChI=1S/C15H19N3/c1-18(12-6-9-16-10-7-12)15-8-11-17-14-5-3-2-4-13(14)15/h2-5,8,11-12,16H,6-7,9-10H2,1H3. The average molecular weight is 241 g/mol. The van der Waals surface area contributed by atoms with Crippen molar-refractivity contribution in [2.45, 2.75) is 18.9 Å². The van der Waals surface area contributed by atoms with Crippen LogP contribution in [0.15, 0.2) is 36.5 Å². The highest BCUT2D eigenvalue weighted by molar-refractivity contribution is 5.91. The summed E-state index contributed by atoms with van der Waals surface area (Å²) in [4.78, 5) is 6.85. The summed E-state index contributed by atoms with van der Waals surface area (Å²) in [7, 11) is 2.21. The van der Waals surface area contributed by atoms with E-state index in [1.54, 1.807) is 0 Å². The Bertz CT molecular complexity index is 527. The van der Waals surface area contributed by atoms with Crippen LogP contribution in [0.5, 0.6) is 0 Å². The smallest absolute Gasteiger partial charge is 0.0722 e. The number of anilines is 1. The molecule has 1 fully saturated rings. The van der Waals surface area contributed by atoms with E-state index in [1.165, 1.54) is 23.9 Å². The van der Waals surface area contributed by atoms with E-state index in [0.717, 1.165) is 18.6 Å². The van der Waals surface area contributed by atoms with E-state index in [1.807, 2.05) is 12.3 Å². The van der Waals surface area contributed by atoms with Crippen LogP contribution in [0.2, 0.25) is 0 Å². The Hall–Kier alpha value is -1.61. The highest BCUT2D eigenvalue weighted by Crippen LogP contribution is 2.27. The number of para-hydroxylation sites is 1. The molecule has 0 radical (unpaired) electrons. The minimum absolute atomic E-state index is 0.636. The summed E-state index contributed by atoms with van der Waals surface area (Å²) in [5.74, 6) is 0. The molecule has 1 aromatic carbocycles. The molecule has 1 aliphatic rings. The van der Waals surface area contributed by atoms with Gasteiger partial charge in [-0.15, -0.1) is 0 Å². The number of rotatable bonds is 2. The molecule has 3 heteroatoms. The lowest BCUT2D eigenvalue weighted by atomic mass is 10.0. The van der Waals surface area contributed by atoms with Crippen molar-refractivity contribution in [1.82, 2.24) is 10.3 Å². The summed E-state index contributed by atoms with van der Waals surface area (Å²) in [5.41, 5.74) is 2.38. The van der Waals surface area contributed by atoms with Crippen LogP contribution in [0.3, 0.4) is 0 Å². The number of nitrogens with one attached hydrogen (secondary N) is 1. The molecule has 1 N–H and O–H groups in total. The van der Waals surface area contributed by atoms with Gasteiger partial charge >= 0.3 is 0 Å². The highest BCUT2D eigenvalue weighted by atomic mass is 15.1. The molecule has 18 heavy (non-hydrogen) atoms. The minimum Gasteiger partial charge on any atom is -0.371 e. The summed E-state index contributed by atoms with van der Waals surface area (Å²) in [6.45, 7) is 2.25. The molecule has 94 valence electrons. The van der Waals surface area contributed by atoms with Crippen molar-refractivity contribution in [2.24, 2.45) is 0 Å². The first-order valence-electron chi connectivity index (χ1n) is 6.63. The maximum atomic E-state index is 4.43. The lowest BCUT2D eigenvalue weighted by Gasteiger charge is -2.33. The zero-order chi connectivity index (χ0) is 12.4. The molecule has 2 heterocycles. The normalized spacial score (nSPS) is 16.9. The fourth-order valence-corrected chi connectivity index (χ4v) is 2.78. The Kier molecular flexibility index (Phi) is 3.15. The Morgan fingerprint density at radius 2 is 1.94 bits per heavy atom. The van der Waals surface area contributed by atoms with E-state index >= 15 is 0 Å². The quantitative estimate of drug-likeness (QED) is 0.875. The topological polar surface area (TPSA) is 28.2 Å². The number of hydrogen-bond donors (Lipinski definition) is 1. The molecule has 3 nitrogen and oxygen atoms in total. The van der Waals surface area contributed by atoms with Gasteiger partial charge in [0.25, 0.3) is 0 Å². The van der Waals surface area contributed by atoms with Crippen molar-refractivity contribution in [3.8, 4) is 0 Å². The van der Waals surface area contributed by atoms with Crippen molar-refractivity contribution in [1.29, 1.82) is 0 Å². The second kappa shape index (κ2) is 4.94. The van der Waals surface area contributed by atoms with Crippen LogP contribution in [0.25, 0.3) is 10.9 Å². The minimum atomic E-state index is 0.636. The van der Waals surface area contributed by atoms with E-state index in [4.69, 9.17) is 0 Å².